The third-order valence-corrected chi connectivity index (χ3v) is 3.30. The lowest BCUT2D eigenvalue weighted by atomic mass is 10.2. The van der Waals surface area contributed by atoms with Crippen LogP contribution >= 0.6 is 0 Å². The van der Waals surface area contributed by atoms with E-state index in [1.807, 2.05) is 6.07 Å². The lowest BCUT2D eigenvalue weighted by Crippen LogP contribution is -2.36. The Morgan fingerprint density at radius 3 is 2.64 bits per heavy atom. The van der Waals surface area contributed by atoms with Crippen molar-refractivity contribution in [2.75, 3.05) is 7.11 Å². The maximum absolute atomic E-state index is 12.2. The van der Waals surface area contributed by atoms with Gasteiger partial charge in [-0.2, -0.15) is 10.1 Å². The van der Waals surface area contributed by atoms with Gasteiger partial charge in [-0.05, 0) is 12.1 Å². The van der Waals surface area contributed by atoms with E-state index >= 15 is 0 Å². The third kappa shape index (κ3) is 2.14. The molecule has 0 aliphatic carbocycles. The first-order valence-electron chi connectivity index (χ1n) is 6.48. The molecule has 0 bridgehead atoms. The summed E-state index contributed by atoms with van der Waals surface area (Å²) < 4.78 is 7.47. The third-order valence-electron chi connectivity index (χ3n) is 3.30. The van der Waals surface area contributed by atoms with E-state index in [-0.39, 0.29) is 11.5 Å². The van der Waals surface area contributed by atoms with Crippen LogP contribution in [0.1, 0.15) is 0 Å². The minimum absolute atomic E-state index is 0.0948. The zero-order chi connectivity index (χ0) is 15.9. The number of ether oxygens (including phenoxy) is 1. The van der Waals surface area contributed by atoms with E-state index in [1.54, 1.807) is 32.4 Å². The van der Waals surface area contributed by atoms with Gasteiger partial charge in [0.15, 0.2) is 17.3 Å². The average molecular weight is 299 g/mol. The molecule has 0 saturated carbocycles. The number of methoxy groups -OCH3 is 1. The Balaban J connectivity index is 2.31. The molecule has 0 radical (unpaired) electrons. The van der Waals surface area contributed by atoms with Crippen LogP contribution in [0.4, 0.5) is 0 Å². The Morgan fingerprint density at radius 2 is 1.91 bits per heavy atom. The molecule has 8 nitrogen and oxygen atoms in total. The number of rotatable bonds is 2. The van der Waals surface area contributed by atoms with Gasteiger partial charge in [0.25, 0.3) is 5.56 Å². The molecule has 2 aliphatic rings. The van der Waals surface area contributed by atoms with E-state index in [4.69, 9.17) is 4.74 Å². The predicted octanol–water partition coefficient (Wildman–Crippen LogP) is 0.0494. The van der Waals surface area contributed by atoms with E-state index in [9.17, 15) is 9.59 Å². The van der Waals surface area contributed by atoms with Crippen molar-refractivity contribution in [1.82, 2.24) is 24.3 Å². The lowest BCUT2D eigenvalue weighted by molar-refractivity contribution is 0.415. The van der Waals surface area contributed by atoms with Crippen LogP contribution in [0.2, 0.25) is 0 Å². The monoisotopic (exact) mass is 299 g/mol. The molecule has 0 aromatic heterocycles. The molecule has 2 heterocycles. The zero-order valence-electron chi connectivity index (χ0n) is 12.3. The SMILES string of the molecule is COc1cccc(-c2nc3c(=O)n(C)c(=O)nc-3n(C)n2)c1. The first-order valence-corrected chi connectivity index (χ1v) is 6.48. The van der Waals surface area contributed by atoms with Crippen LogP contribution in [0.15, 0.2) is 33.9 Å². The minimum atomic E-state index is -0.633. The van der Waals surface area contributed by atoms with Crippen molar-refractivity contribution < 1.29 is 4.74 Å². The van der Waals surface area contributed by atoms with Crippen molar-refractivity contribution in [2.45, 2.75) is 0 Å². The van der Waals surface area contributed by atoms with Gasteiger partial charge in [0.1, 0.15) is 5.75 Å². The molecule has 0 spiro atoms. The van der Waals surface area contributed by atoms with Gasteiger partial charge >= 0.3 is 5.69 Å². The molecule has 8 heteroatoms. The lowest BCUT2D eigenvalue weighted by Gasteiger charge is -2.11. The van der Waals surface area contributed by atoms with Gasteiger partial charge in [0.05, 0.1) is 7.11 Å². The van der Waals surface area contributed by atoms with Crippen molar-refractivity contribution in [3.63, 3.8) is 0 Å². The molecular weight excluding hydrogens is 286 g/mol. The van der Waals surface area contributed by atoms with Crippen LogP contribution < -0.4 is 16.0 Å². The van der Waals surface area contributed by atoms with E-state index in [1.165, 1.54) is 11.7 Å². The summed E-state index contributed by atoms with van der Waals surface area (Å²) >= 11 is 0. The summed E-state index contributed by atoms with van der Waals surface area (Å²) in [5.41, 5.74) is -0.342. The molecule has 0 amide bonds. The normalized spacial score (nSPS) is 10.9. The van der Waals surface area contributed by atoms with Crippen LogP contribution in [0.3, 0.4) is 0 Å². The first-order chi connectivity index (χ1) is 10.5. The number of hydrogen-bond donors (Lipinski definition) is 0. The summed E-state index contributed by atoms with van der Waals surface area (Å²) in [6.45, 7) is 0. The highest BCUT2D eigenvalue weighted by atomic mass is 16.5. The Labute approximate surface area is 125 Å². The molecule has 0 atom stereocenters. The summed E-state index contributed by atoms with van der Waals surface area (Å²) in [4.78, 5) is 31.9. The topological polar surface area (TPSA) is 91.9 Å². The quantitative estimate of drug-likeness (QED) is 0.664. The average Bonchev–Trinajstić information content (AvgIpc) is 2.53. The Bertz CT molecular complexity index is 944. The van der Waals surface area contributed by atoms with Crippen LogP contribution in [-0.4, -0.2) is 31.4 Å². The van der Waals surface area contributed by atoms with E-state index in [0.717, 1.165) is 4.57 Å². The number of aromatic nitrogens is 5. The van der Waals surface area contributed by atoms with Gasteiger partial charge in [-0.3, -0.25) is 9.36 Å². The predicted molar refractivity (Wildman–Crippen MR) is 78.9 cm³/mol. The number of hydrogen-bond acceptors (Lipinski definition) is 6. The van der Waals surface area contributed by atoms with Crippen LogP contribution in [0.5, 0.6) is 5.75 Å². The minimum Gasteiger partial charge on any atom is -0.497 e. The molecule has 0 unspecified atom stereocenters. The highest BCUT2D eigenvalue weighted by Gasteiger charge is 2.19. The fourth-order valence-corrected chi connectivity index (χ4v) is 2.09. The molecule has 22 heavy (non-hydrogen) atoms. The smallest absolute Gasteiger partial charge is 0.352 e. The van der Waals surface area contributed by atoms with E-state index in [0.29, 0.717) is 17.1 Å². The molecule has 0 saturated heterocycles. The number of benzene rings is 1. The van der Waals surface area contributed by atoms with Gasteiger partial charge in [-0.15, -0.1) is 0 Å². The van der Waals surface area contributed by atoms with Crippen LogP contribution in [0.25, 0.3) is 22.9 Å². The summed E-state index contributed by atoms with van der Waals surface area (Å²) in [5.74, 6) is 1.16. The Morgan fingerprint density at radius 1 is 1.14 bits per heavy atom. The maximum atomic E-state index is 12.2. The second-order valence-electron chi connectivity index (χ2n) is 4.72. The Hall–Kier alpha value is -3.03. The molecule has 1 aromatic rings. The molecule has 0 fully saturated rings. The van der Waals surface area contributed by atoms with Crippen molar-refractivity contribution in [1.29, 1.82) is 0 Å². The summed E-state index contributed by atoms with van der Waals surface area (Å²) in [5, 5.41) is 4.26. The molecular formula is C14H13N5O3. The number of fused-ring (bicyclic) bond motifs is 1. The summed E-state index contributed by atoms with van der Waals surface area (Å²) in [7, 11) is 4.54. The highest BCUT2D eigenvalue weighted by Crippen LogP contribution is 2.22. The standard InChI is InChI=1S/C14H13N5O3/c1-18-13(20)10-12(16-14(18)21)19(2)17-11(15-10)8-5-4-6-9(7-8)22-3/h4-7H,1-3H3. The number of aryl methyl sites for hydroxylation is 1. The van der Waals surface area contributed by atoms with Crippen LogP contribution in [0, 0.1) is 0 Å². The fourth-order valence-electron chi connectivity index (χ4n) is 2.09. The second kappa shape index (κ2) is 5.06. The van der Waals surface area contributed by atoms with Crippen LogP contribution in [-0.2, 0) is 14.1 Å². The van der Waals surface area contributed by atoms with Gasteiger partial charge in [-0.1, -0.05) is 12.1 Å². The highest BCUT2D eigenvalue weighted by molar-refractivity contribution is 5.60. The van der Waals surface area contributed by atoms with Crippen molar-refractivity contribution >= 4 is 0 Å². The number of nitrogens with zero attached hydrogens (tertiary/aromatic N) is 5. The van der Waals surface area contributed by atoms with Crippen molar-refractivity contribution in [3.05, 3.63) is 45.1 Å². The van der Waals surface area contributed by atoms with Crippen molar-refractivity contribution in [3.8, 4) is 28.7 Å². The largest absolute Gasteiger partial charge is 0.497 e. The molecule has 112 valence electrons. The molecule has 1 aromatic carbocycles. The fraction of sp³-hybridized carbons (Fsp3) is 0.214. The maximum Gasteiger partial charge on any atom is 0.352 e. The Kier molecular flexibility index (Phi) is 3.21. The second-order valence-corrected chi connectivity index (χ2v) is 4.72. The van der Waals surface area contributed by atoms with E-state index in [2.05, 4.69) is 15.1 Å². The van der Waals surface area contributed by atoms with E-state index < -0.39 is 11.2 Å². The summed E-state index contributed by atoms with van der Waals surface area (Å²) in [6.07, 6.45) is 0. The molecule has 3 rings (SSSR count). The zero-order valence-corrected chi connectivity index (χ0v) is 12.3. The summed E-state index contributed by atoms with van der Waals surface area (Å²) in [6, 6.07) is 7.18. The van der Waals surface area contributed by atoms with Gasteiger partial charge in [0.2, 0.25) is 0 Å². The van der Waals surface area contributed by atoms with Gasteiger partial charge in [0, 0.05) is 19.7 Å². The van der Waals surface area contributed by atoms with Gasteiger partial charge < -0.3 is 4.74 Å². The molecule has 0 N–H and O–H groups in total. The van der Waals surface area contributed by atoms with Crippen molar-refractivity contribution in [2.24, 2.45) is 14.1 Å². The van der Waals surface area contributed by atoms with Gasteiger partial charge in [-0.25, -0.2) is 14.5 Å². The first kappa shape index (κ1) is 13.9. The molecule has 2 aliphatic heterocycles.